The minimum atomic E-state index is -0.481. The van der Waals surface area contributed by atoms with Gasteiger partial charge in [0.1, 0.15) is 21.4 Å². The molecule has 3 N–H and O–H groups in total. The molecule has 0 atom stereocenters. The number of aromatic nitrogens is 4. The second-order valence-electron chi connectivity index (χ2n) is 7.34. The van der Waals surface area contributed by atoms with Crippen molar-refractivity contribution in [1.82, 2.24) is 25.1 Å². The number of carbonyl (C=O) groups is 1. The molecule has 1 aliphatic rings. The molecule has 9 heteroatoms. The normalized spacial score (nSPS) is 21.3. The molecule has 1 fully saturated rings. The van der Waals surface area contributed by atoms with Crippen LogP contribution in [0.3, 0.4) is 0 Å². The molecule has 0 spiro atoms. The molecule has 2 aromatic rings. The molecule has 8 nitrogen and oxygen atoms in total. The fraction of sp³-hybridized carbons (Fsp3) is 0.625. The van der Waals surface area contributed by atoms with E-state index in [0.29, 0.717) is 5.82 Å². The van der Waals surface area contributed by atoms with E-state index >= 15 is 0 Å². The van der Waals surface area contributed by atoms with E-state index in [2.05, 4.69) is 43.0 Å². The maximum atomic E-state index is 11.9. The van der Waals surface area contributed by atoms with Crippen LogP contribution in [0.5, 0.6) is 0 Å². The van der Waals surface area contributed by atoms with Crippen molar-refractivity contribution in [3.8, 4) is 0 Å². The van der Waals surface area contributed by atoms with Gasteiger partial charge >= 0.3 is 6.09 Å². The van der Waals surface area contributed by atoms with Gasteiger partial charge in [0.2, 0.25) is 0 Å². The fourth-order valence-electron chi connectivity index (χ4n) is 3.15. The Kier molecular flexibility index (Phi) is 5.03. The zero-order valence-electron chi connectivity index (χ0n) is 14.6. The summed E-state index contributed by atoms with van der Waals surface area (Å²) in [6, 6.07) is 0.378. The number of nitrogens with zero attached hydrogens (tertiary/aromatic N) is 4. The third-order valence-electron chi connectivity index (χ3n) is 4.24. The number of nitrogens with two attached hydrogens (primary N) is 1. The van der Waals surface area contributed by atoms with Gasteiger partial charge in [-0.15, -0.1) is 0 Å². The van der Waals surface area contributed by atoms with Crippen molar-refractivity contribution in [2.24, 2.45) is 0 Å². The Labute approximate surface area is 160 Å². The molecule has 2 aromatic heterocycles. The van der Waals surface area contributed by atoms with Gasteiger partial charge in [-0.2, -0.15) is 5.10 Å². The standard InChI is InChI=1S/C16H23IN6O2/c1-16(2,3)25-15(24)21-9-4-6-10(7-5-9)23-14-11(12(17)22-23)13(18)19-8-20-14/h8-10H,4-7H2,1-3H3,(H,21,24)(H2,18,19,20). The second kappa shape index (κ2) is 6.93. The number of hydrogen-bond donors (Lipinski definition) is 2. The molecule has 1 saturated carbocycles. The number of rotatable bonds is 2. The van der Waals surface area contributed by atoms with E-state index in [1.807, 2.05) is 25.5 Å². The van der Waals surface area contributed by atoms with Gasteiger partial charge in [0.15, 0.2) is 5.65 Å². The molecular weight excluding hydrogens is 435 g/mol. The lowest BCUT2D eigenvalue weighted by Gasteiger charge is -2.30. The molecule has 1 amide bonds. The lowest BCUT2D eigenvalue weighted by atomic mass is 9.91. The molecule has 2 heterocycles. The minimum Gasteiger partial charge on any atom is -0.444 e. The third-order valence-corrected chi connectivity index (χ3v) is 4.99. The first kappa shape index (κ1) is 18.2. The Bertz CT molecular complexity index is 777. The average Bonchev–Trinajstić information content (AvgIpc) is 2.84. The van der Waals surface area contributed by atoms with Crippen molar-refractivity contribution in [2.45, 2.75) is 64.1 Å². The second-order valence-corrected chi connectivity index (χ2v) is 8.37. The van der Waals surface area contributed by atoms with Gasteiger partial charge in [-0.1, -0.05) is 0 Å². The number of amides is 1. The van der Waals surface area contributed by atoms with Gasteiger partial charge in [0, 0.05) is 6.04 Å². The van der Waals surface area contributed by atoms with Crippen LogP contribution in [0.15, 0.2) is 6.33 Å². The lowest BCUT2D eigenvalue weighted by Crippen LogP contribution is -2.41. The fourth-order valence-corrected chi connectivity index (χ4v) is 3.90. The summed E-state index contributed by atoms with van der Waals surface area (Å²) in [7, 11) is 0. The molecule has 25 heavy (non-hydrogen) atoms. The van der Waals surface area contributed by atoms with Gasteiger partial charge in [-0.25, -0.2) is 19.4 Å². The molecule has 0 aromatic carbocycles. The highest BCUT2D eigenvalue weighted by Gasteiger charge is 2.28. The van der Waals surface area contributed by atoms with E-state index in [1.165, 1.54) is 6.33 Å². The number of carbonyl (C=O) groups excluding carboxylic acids is 1. The molecule has 0 aliphatic heterocycles. The van der Waals surface area contributed by atoms with Crippen molar-refractivity contribution >= 4 is 45.5 Å². The summed E-state index contributed by atoms with van der Waals surface area (Å²) in [4.78, 5) is 20.3. The van der Waals surface area contributed by atoms with Crippen molar-refractivity contribution < 1.29 is 9.53 Å². The Morgan fingerprint density at radius 2 is 2.00 bits per heavy atom. The monoisotopic (exact) mass is 458 g/mol. The molecule has 0 saturated heterocycles. The van der Waals surface area contributed by atoms with Crippen LogP contribution in [-0.2, 0) is 4.74 Å². The minimum absolute atomic E-state index is 0.131. The van der Waals surface area contributed by atoms with Crippen molar-refractivity contribution in [3.63, 3.8) is 0 Å². The van der Waals surface area contributed by atoms with Crippen LogP contribution in [0.1, 0.15) is 52.5 Å². The number of nitrogens with one attached hydrogen (secondary N) is 1. The largest absolute Gasteiger partial charge is 0.444 e. The van der Waals surface area contributed by atoms with Crippen LogP contribution in [0.2, 0.25) is 0 Å². The molecule has 0 radical (unpaired) electrons. The molecule has 0 unspecified atom stereocenters. The van der Waals surface area contributed by atoms with Crippen LogP contribution < -0.4 is 11.1 Å². The number of halogens is 1. The number of alkyl carbamates (subject to hydrolysis) is 1. The van der Waals surface area contributed by atoms with E-state index in [-0.39, 0.29) is 18.2 Å². The van der Waals surface area contributed by atoms with Gasteiger partial charge in [-0.3, -0.25) is 0 Å². The van der Waals surface area contributed by atoms with Gasteiger partial charge < -0.3 is 15.8 Å². The summed E-state index contributed by atoms with van der Waals surface area (Å²) in [6.07, 6.45) is 4.71. The number of fused-ring (bicyclic) bond motifs is 1. The van der Waals surface area contributed by atoms with E-state index in [1.54, 1.807) is 0 Å². The molecule has 3 rings (SSSR count). The summed E-state index contributed by atoms with van der Waals surface area (Å²) < 4.78 is 8.10. The van der Waals surface area contributed by atoms with Crippen LogP contribution in [0.4, 0.5) is 10.6 Å². The number of ether oxygens (including phenoxy) is 1. The smallest absolute Gasteiger partial charge is 0.407 e. The van der Waals surface area contributed by atoms with Crippen LogP contribution in [0.25, 0.3) is 11.0 Å². The molecule has 136 valence electrons. The average molecular weight is 458 g/mol. The maximum Gasteiger partial charge on any atom is 0.407 e. The number of anilines is 1. The van der Waals surface area contributed by atoms with Gasteiger partial charge in [0.25, 0.3) is 0 Å². The lowest BCUT2D eigenvalue weighted by molar-refractivity contribution is 0.0487. The van der Waals surface area contributed by atoms with Crippen molar-refractivity contribution in [3.05, 3.63) is 10.0 Å². The van der Waals surface area contributed by atoms with E-state index in [0.717, 1.165) is 40.4 Å². The van der Waals surface area contributed by atoms with Crippen LogP contribution in [0, 0.1) is 3.70 Å². The highest BCUT2D eigenvalue weighted by Crippen LogP contribution is 2.32. The van der Waals surface area contributed by atoms with E-state index in [4.69, 9.17) is 10.5 Å². The summed E-state index contributed by atoms with van der Waals surface area (Å²) in [5.74, 6) is 0.459. The Morgan fingerprint density at radius 3 is 2.64 bits per heavy atom. The highest BCUT2D eigenvalue weighted by atomic mass is 127. The van der Waals surface area contributed by atoms with Crippen LogP contribution in [-0.4, -0.2) is 37.5 Å². The van der Waals surface area contributed by atoms with Gasteiger partial charge in [-0.05, 0) is 69.0 Å². The van der Waals surface area contributed by atoms with E-state index in [9.17, 15) is 4.79 Å². The maximum absolute atomic E-state index is 11.9. The topological polar surface area (TPSA) is 108 Å². The SMILES string of the molecule is CC(C)(C)OC(=O)NC1CCC(n2nc(I)c3c(N)ncnc32)CC1. The Balaban J connectivity index is 1.65. The van der Waals surface area contributed by atoms with Crippen molar-refractivity contribution in [2.75, 3.05) is 5.73 Å². The number of nitrogen functional groups attached to an aromatic ring is 1. The first-order valence-corrected chi connectivity index (χ1v) is 9.46. The Morgan fingerprint density at radius 1 is 1.32 bits per heavy atom. The molecular formula is C16H23IN6O2. The number of hydrogen-bond acceptors (Lipinski definition) is 6. The van der Waals surface area contributed by atoms with Crippen molar-refractivity contribution in [1.29, 1.82) is 0 Å². The first-order valence-electron chi connectivity index (χ1n) is 8.38. The first-order chi connectivity index (χ1) is 11.7. The predicted octanol–water partition coefficient (Wildman–Crippen LogP) is 3.02. The third kappa shape index (κ3) is 4.13. The summed E-state index contributed by atoms with van der Waals surface area (Å²) >= 11 is 2.17. The summed E-state index contributed by atoms with van der Waals surface area (Å²) in [6.45, 7) is 5.59. The van der Waals surface area contributed by atoms with Gasteiger partial charge in [0.05, 0.1) is 11.4 Å². The zero-order valence-corrected chi connectivity index (χ0v) is 16.8. The predicted molar refractivity (Wildman–Crippen MR) is 103 cm³/mol. The highest BCUT2D eigenvalue weighted by molar-refractivity contribution is 14.1. The van der Waals surface area contributed by atoms with E-state index < -0.39 is 5.60 Å². The molecule has 1 aliphatic carbocycles. The quantitative estimate of drug-likeness (QED) is 0.670. The Hall–Kier alpha value is -1.65. The summed E-state index contributed by atoms with van der Waals surface area (Å²) in [5.41, 5.74) is 6.25. The summed E-state index contributed by atoms with van der Waals surface area (Å²) in [5, 5.41) is 8.40. The van der Waals surface area contributed by atoms with Crippen LogP contribution >= 0.6 is 22.6 Å². The molecule has 0 bridgehead atoms. The zero-order chi connectivity index (χ0) is 18.2.